The summed E-state index contributed by atoms with van der Waals surface area (Å²) < 4.78 is 0. The molecule has 0 aliphatic carbocycles. The van der Waals surface area contributed by atoms with E-state index in [4.69, 9.17) is 11.6 Å². The maximum Gasteiger partial charge on any atom is 0.232 e. The summed E-state index contributed by atoms with van der Waals surface area (Å²) in [5.74, 6) is 0.695. The quantitative estimate of drug-likeness (QED) is 0.819. The third kappa shape index (κ3) is 5.00. The van der Waals surface area contributed by atoms with Crippen molar-refractivity contribution in [2.75, 3.05) is 45.0 Å². The van der Waals surface area contributed by atoms with E-state index in [1.165, 1.54) is 11.8 Å². The maximum atomic E-state index is 12.4. The zero-order chi connectivity index (χ0) is 15.4. The molecule has 1 aromatic rings. The van der Waals surface area contributed by atoms with Crippen LogP contribution in [0.15, 0.2) is 29.2 Å². The van der Waals surface area contributed by atoms with Crippen molar-refractivity contribution in [2.45, 2.75) is 17.4 Å². The molecule has 0 saturated carbocycles. The summed E-state index contributed by atoms with van der Waals surface area (Å²) in [5.41, 5.74) is 0. The molecule has 2 heterocycles. The van der Waals surface area contributed by atoms with Crippen LogP contribution in [-0.2, 0) is 4.79 Å². The number of piperazine rings is 1. The highest BCUT2D eigenvalue weighted by Gasteiger charge is 2.30. The number of amides is 1. The van der Waals surface area contributed by atoms with Crippen LogP contribution in [-0.4, -0.2) is 66.8 Å². The summed E-state index contributed by atoms with van der Waals surface area (Å²) in [7, 11) is 0. The minimum absolute atomic E-state index is 0. The first-order valence-electron chi connectivity index (χ1n) is 7.84. The molecule has 0 radical (unpaired) electrons. The highest BCUT2D eigenvalue weighted by molar-refractivity contribution is 8.00. The molecule has 1 N–H and O–H groups in total. The number of rotatable bonds is 4. The molecular weight excluding hydrogens is 353 g/mol. The number of hydrogen-bond acceptors (Lipinski definition) is 4. The first-order chi connectivity index (χ1) is 10.7. The number of hydrogen-bond donors (Lipinski definition) is 1. The average Bonchev–Trinajstić information content (AvgIpc) is 3.05. The zero-order valence-electron chi connectivity index (χ0n) is 13.0. The molecule has 3 rings (SSSR count). The molecule has 23 heavy (non-hydrogen) atoms. The van der Waals surface area contributed by atoms with Crippen LogP contribution in [0.3, 0.4) is 0 Å². The van der Waals surface area contributed by atoms with Gasteiger partial charge in [0.25, 0.3) is 0 Å². The van der Waals surface area contributed by atoms with Crippen LogP contribution in [0.5, 0.6) is 0 Å². The third-order valence-corrected chi connectivity index (χ3v) is 5.87. The minimum atomic E-state index is 0. The lowest BCUT2D eigenvalue weighted by Gasteiger charge is -2.32. The number of nitrogens with zero attached hydrogens (tertiary/aromatic N) is 2. The molecule has 1 aromatic carbocycles. The number of nitrogens with one attached hydrogen (secondary N) is 1. The van der Waals surface area contributed by atoms with Crippen LogP contribution in [0.1, 0.15) is 6.42 Å². The molecule has 0 spiro atoms. The molecular formula is C16H23Cl2N3OS. The van der Waals surface area contributed by atoms with Crippen molar-refractivity contribution >= 4 is 41.7 Å². The van der Waals surface area contributed by atoms with E-state index in [0.717, 1.165) is 55.6 Å². The number of thioether (sulfide) groups is 1. The van der Waals surface area contributed by atoms with E-state index < -0.39 is 0 Å². The van der Waals surface area contributed by atoms with E-state index in [9.17, 15) is 4.79 Å². The van der Waals surface area contributed by atoms with Gasteiger partial charge in [-0.2, -0.15) is 0 Å². The largest absolute Gasteiger partial charge is 0.340 e. The molecule has 4 nitrogen and oxygen atoms in total. The fraction of sp³-hybridized carbons (Fsp3) is 0.562. The summed E-state index contributed by atoms with van der Waals surface area (Å²) in [5, 5.41) is 4.10. The van der Waals surface area contributed by atoms with Crippen molar-refractivity contribution in [3.63, 3.8) is 0 Å². The second kappa shape index (κ2) is 9.14. The molecule has 1 atom stereocenters. The Kier molecular flexibility index (Phi) is 7.50. The van der Waals surface area contributed by atoms with Gasteiger partial charge in [0.1, 0.15) is 0 Å². The van der Waals surface area contributed by atoms with Gasteiger partial charge < -0.3 is 10.2 Å². The molecule has 1 unspecified atom stereocenters. The predicted molar refractivity (Wildman–Crippen MR) is 98.9 cm³/mol. The average molecular weight is 376 g/mol. The van der Waals surface area contributed by atoms with Crippen molar-refractivity contribution in [3.05, 3.63) is 29.3 Å². The third-order valence-electron chi connectivity index (χ3n) is 4.37. The van der Waals surface area contributed by atoms with Gasteiger partial charge in [0, 0.05) is 50.2 Å². The van der Waals surface area contributed by atoms with E-state index in [-0.39, 0.29) is 18.3 Å². The highest BCUT2D eigenvalue weighted by atomic mass is 35.5. The van der Waals surface area contributed by atoms with Gasteiger partial charge in [-0.05, 0) is 18.6 Å². The Bertz CT molecular complexity index is 526. The molecule has 2 aliphatic rings. The Morgan fingerprint density at radius 2 is 2.00 bits per heavy atom. The van der Waals surface area contributed by atoms with Gasteiger partial charge in [0.2, 0.25) is 5.91 Å². The summed E-state index contributed by atoms with van der Waals surface area (Å²) >= 11 is 7.67. The summed E-state index contributed by atoms with van der Waals surface area (Å²) in [6.45, 7) is 6.08. The Morgan fingerprint density at radius 1 is 1.26 bits per heavy atom. The Labute approximate surface area is 153 Å². The summed E-state index contributed by atoms with van der Waals surface area (Å²) in [4.78, 5) is 17.9. The van der Waals surface area contributed by atoms with Gasteiger partial charge in [-0.15, -0.1) is 24.2 Å². The van der Waals surface area contributed by atoms with E-state index in [1.54, 1.807) is 0 Å². The van der Waals surface area contributed by atoms with Gasteiger partial charge in [-0.25, -0.2) is 0 Å². The van der Waals surface area contributed by atoms with Gasteiger partial charge in [0.15, 0.2) is 0 Å². The van der Waals surface area contributed by atoms with Crippen molar-refractivity contribution < 1.29 is 4.79 Å². The number of carbonyl (C=O) groups is 1. The van der Waals surface area contributed by atoms with Gasteiger partial charge in [0.05, 0.1) is 10.8 Å². The van der Waals surface area contributed by atoms with Crippen LogP contribution in [0.25, 0.3) is 0 Å². The second-order valence-electron chi connectivity index (χ2n) is 5.79. The van der Waals surface area contributed by atoms with Gasteiger partial charge in [-0.1, -0.05) is 23.7 Å². The summed E-state index contributed by atoms with van der Waals surface area (Å²) in [6.07, 6.45) is 1.10. The first kappa shape index (κ1) is 18.9. The molecule has 2 saturated heterocycles. The molecule has 7 heteroatoms. The molecule has 128 valence electrons. The monoisotopic (exact) mass is 375 g/mol. The van der Waals surface area contributed by atoms with Crippen LogP contribution >= 0.6 is 35.8 Å². The number of carbonyl (C=O) groups excluding carboxylic acids is 1. The maximum absolute atomic E-state index is 12.4. The Hall–Kier alpha value is -0.460. The standard InChI is InChI=1S/C16H22ClN3OS.ClH/c17-14-3-1-2-4-15(14)22-12-16(21)20-8-5-13(11-20)19-9-6-18-7-10-19;/h1-4,13,18H,5-12H2;1H. The first-order valence-corrected chi connectivity index (χ1v) is 9.20. The number of likely N-dealkylation sites (tertiary alicyclic amines) is 1. The van der Waals surface area contributed by atoms with Crippen molar-refractivity contribution in [1.82, 2.24) is 15.1 Å². The van der Waals surface area contributed by atoms with E-state index in [0.29, 0.717) is 11.8 Å². The molecule has 0 bridgehead atoms. The van der Waals surface area contributed by atoms with Crippen molar-refractivity contribution in [1.29, 1.82) is 0 Å². The fourth-order valence-electron chi connectivity index (χ4n) is 3.11. The van der Waals surface area contributed by atoms with Crippen molar-refractivity contribution in [2.24, 2.45) is 0 Å². The number of halogens is 2. The van der Waals surface area contributed by atoms with Crippen LogP contribution in [0, 0.1) is 0 Å². The Morgan fingerprint density at radius 3 is 2.74 bits per heavy atom. The summed E-state index contributed by atoms with van der Waals surface area (Å²) in [6, 6.07) is 8.23. The smallest absolute Gasteiger partial charge is 0.232 e. The lowest BCUT2D eigenvalue weighted by Crippen LogP contribution is -2.49. The van der Waals surface area contributed by atoms with Crippen LogP contribution in [0.2, 0.25) is 5.02 Å². The normalized spacial score (nSPS) is 22.0. The SMILES string of the molecule is Cl.O=C(CSc1ccccc1Cl)N1CCC(N2CCNCC2)C1. The molecule has 1 amide bonds. The second-order valence-corrected chi connectivity index (χ2v) is 7.21. The predicted octanol–water partition coefficient (Wildman–Crippen LogP) is 2.36. The minimum Gasteiger partial charge on any atom is -0.340 e. The van der Waals surface area contributed by atoms with E-state index in [2.05, 4.69) is 10.2 Å². The van der Waals surface area contributed by atoms with Crippen LogP contribution < -0.4 is 5.32 Å². The van der Waals surface area contributed by atoms with Crippen LogP contribution in [0.4, 0.5) is 0 Å². The van der Waals surface area contributed by atoms with Crippen molar-refractivity contribution in [3.8, 4) is 0 Å². The number of benzene rings is 1. The topological polar surface area (TPSA) is 35.6 Å². The molecule has 2 aliphatic heterocycles. The zero-order valence-corrected chi connectivity index (χ0v) is 15.4. The van der Waals surface area contributed by atoms with Gasteiger partial charge >= 0.3 is 0 Å². The molecule has 2 fully saturated rings. The lowest BCUT2D eigenvalue weighted by molar-refractivity contribution is -0.127. The highest BCUT2D eigenvalue weighted by Crippen LogP contribution is 2.27. The van der Waals surface area contributed by atoms with Gasteiger partial charge in [-0.3, -0.25) is 9.69 Å². The van der Waals surface area contributed by atoms with E-state index >= 15 is 0 Å². The fourth-order valence-corrected chi connectivity index (χ4v) is 4.25. The Balaban J connectivity index is 0.00000192. The van der Waals surface area contributed by atoms with E-state index in [1.807, 2.05) is 29.2 Å². The molecule has 0 aromatic heterocycles. The lowest BCUT2D eigenvalue weighted by atomic mass is 10.2.